The van der Waals surface area contributed by atoms with Gasteiger partial charge in [0.25, 0.3) is 5.91 Å². The van der Waals surface area contributed by atoms with Crippen LogP contribution in [0.3, 0.4) is 0 Å². The second-order valence-electron chi connectivity index (χ2n) is 4.30. The molecule has 0 aliphatic heterocycles. The van der Waals surface area contributed by atoms with Gasteiger partial charge < -0.3 is 11.1 Å². The molecule has 1 aromatic carbocycles. The second kappa shape index (κ2) is 5.54. The van der Waals surface area contributed by atoms with Crippen molar-refractivity contribution >= 4 is 40.1 Å². The molecule has 1 aromatic rings. The molecule has 0 saturated heterocycles. The molecular weight excluding hydrogens is 351 g/mol. The minimum atomic E-state index is -0.0840. The van der Waals surface area contributed by atoms with Crippen molar-refractivity contribution in [2.45, 2.75) is 31.3 Å². The van der Waals surface area contributed by atoms with Gasteiger partial charge in [-0.25, -0.2) is 0 Å². The number of rotatable bonds is 2. The van der Waals surface area contributed by atoms with Crippen molar-refractivity contribution in [3.63, 3.8) is 0 Å². The summed E-state index contributed by atoms with van der Waals surface area (Å²) in [6.45, 7) is 0. The van der Waals surface area contributed by atoms with Gasteiger partial charge in [-0.2, -0.15) is 0 Å². The standard InChI is InChI=1S/C12H14ClIN2O/c13-7-4-5-9(14)8(6-7)12(17)16-11-3-1-2-10(11)15/h4-6,10-11H,1-3,15H2,(H,16,17). The van der Waals surface area contributed by atoms with Crippen LogP contribution in [0.2, 0.25) is 5.02 Å². The zero-order valence-corrected chi connectivity index (χ0v) is 12.2. The summed E-state index contributed by atoms with van der Waals surface area (Å²) in [5, 5.41) is 3.56. The highest BCUT2D eigenvalue weighted by molar-refractivity contribution is 14.1. The van der Waals surface area contributed by atoms with Gasteiger partial charge in [0.2, 0.25) is 0 Å². The highest BCUT2D eigenvalue weighted by atomic mass is 127. The molecule has 17 heavy (non-hydrogen) atoms. The maximum atomic E-state index is 12.1. The van der Waals surface area contributed by atoms with Gasteiger partial charge in [0.1, 0.15) is 0 Å². The lowest BCUT2D eigenvalue weighted by Gasteiger charge is -2.17. The van der Waals surface area contributed by atoms with Crippen LogP contribution < -0.4 is 11.1 Å². The summed E-state index contributed by atoms with van der Waals surface area (Å²) in [6, 6.07) is 5.49. The van der Waals surface area contributed by atoms with E-state index in [1.54, 1.807) is 12.1 Å². The van der Waals surface area contributed by atoms with E-state index in [0.717, 1.165) is 22.8 Å². The van der Waals surface area contributed by atoms with Crippen LogP contribution in [0, 0.1) is 3.57 Å². The Balaban J connectivity index is 2.11. The molecule has 2 unspecified atom stereocenters. The van der Waals surface area contributed by atoms with Gasteiger partial charge in [0.05, 0.1) is 5.56 Å². The Hall–Kier alpha value is -0.330. The molecular formula is C12H14ClIN2O. The van der Waals surface area contributed by atoms with Crippen LogP contribution >= 0.6 is 34.2 Å². The average Bonchev–Trinajstić information content (AvgIpc) is 2.68. The number of hydrogen-bond donors (Lipinski definition) is 2. The fraction of sp³-hybridized carbons (Fsp3) is 0.417. The van der Waals surface area contributed by atoms with Gasteiger partial charge in [0, 0.05) is 20.7 Å². The van der Waals surface area contributed by atoms with Gasteiger partial charge in [-0.1, -0.05) is 11.6 Å². The highest BCUT2D eigenvalue weighted by Gasteiger charge is 2.26. The van der Waals surface area contributed by atoms with Crippen molar-refractivity contribution in [3.8, 4) is 0 Å². The quantitative estimate of drug-likeness (QED) is 0.793. The van der Waals surface area contributed by atoms with E-state index < -0.39 is 0 Å². The smallest absolute Gasteiger partial charge is 0.252 e. The first-order valence-corrected chi connectivity index (χ1v) is 7.05. The molecule has 1 aliphatic rings. The van der Waals surface area contributed by atoms with Crippen molar-refractivity contribution in [3.05, 3.63) is 32.4 Å². The molecule has 0 radical (unpaired) electrons. The van der Waals surface area contributed by atoms with E-state index in [9.17, 15) is 4.79 Å². The molecule has 1 fully saturated rings. The average molecular weight is 365 g/mol. The van der Waals surface area contributed by atoms with E-state index >= 15 is 0 Å². The Morgan fingerprint density at radius 2 is 2.24 bits per heavy atom. The fourth-order valence-corrected chi connectivity index (χ4v) is 2.84. The molecule has 3 nitrogen and oxygen atoms in total. The molecule has 1 amide bonds. The number of nitrogens with two attached hydrogens (primary N) is 1. The number of benzene rings is 1. The summed E-state index contributed by atoms with van der Waals surface area (Å²) in [5.74, 6) is -0.0840. The van der Waals surface area contributed by atoms with Gasteiger partial charge in [-0.05, 0) is 60.1 Å². The van der Waals surface area contributed by atoms with Crippen molar-refractivity contribution < 1.29 is 4.79 Å². The Bertz CT molecular complexity index is 439. The van der Waals surface area contributed by atoms with E-state index in [2.05, 4.69) is 27.9 Å². The number of nitrogens with one attached hydrogen (secondary N) is 1. The number of carbonyl (C=O) groups excluding carboxylic acids is 1. The molecule has 2 atom stereocenters. The first kappa shape index (κ1) is 13.1. The second-order valence-corrected chi connectivity index (χ2v) is 5.90. The summed E-state index contributed by atoms with van der Waals surface area (Å²) < 4.78 is 0.899. The normalized spacial score (nSPS) is 23.7. The zero-order chi connectivity index (χ0) is 12.4. The Morgan fingerprint density at radius 3 is 2.88 bits per heavy atom. The third-order valence-corrected chi connectivity index (χ3v) is 4.23. The van der Waals surface area contributed by atoms with Crippen molar-refractivity contribution in [2.75, 3.05) is 0 Å². The molecule has 1 aliphatic carbocycles. The van der Waals surface area contributed by atoms with E-state index in [1.165, 1.54) is 0 Å². The lowest BCUT2D eigenvalue weighted by Crippen LogP contribution is -2.44. The molecule has 2 rings (SSSR count). The maximum absolute atomic E-state index is 12.1. The number of amides is 1. The molecule has 3 N–H and O–H groups in total. The van der Waals surface area contributed by atoms with Gasteiger partial charge in [-0.15, -0.1) is 0 Å². The van der Waals surface area contributed by atoms with E-state index in [4.69, 9.17) is 17.3 Å². The number of carbonyl (C=O) groups is 1. The predicted octanol–water partition coefficient (Wildman–Crippen LogP) is 2.55. The van der Waals surface area contributed by atoms with Crippen LogP contribution in [0.5, 0.6) is 0 Å². The van der Waals surface area contributed by atoms with E-state index in [-0.39, 0.29) is 18.0 Å². The zero-order valence-electron chi connectivity index (χ0n) is 9.25. The van der Waals surface area contributed by atoms with Crippen molar-refractivity contribution in [1.29, 1.82) is 0 Å². The van der Waals surface area contributed by atoms with Crippen LogP contribution in [0.1, 0.15) is 29.6 Å². The third-order valence-electron chi connectivity index (χ3n) is 3.06. The topological polar surface area (TPSA) is 55.1 Å². The van der Waals surface area contributed by atoms with Gasteiger partial charge in [0.15, 0.2) is 0 Å². The molecule has 1 saturated carbocycles. The molecule has 5 heteroatoms. The molecule has 0 heterocycles. The van der Waals surface area contributed by atoms with Crippen LogP contribution in [0.25, 0.3) is 0 Å². The monoisotopic (exact) mass is 364 g/mol. The first-order chi connectivity index (χ1) is 8.08. The fourth-order valence-electron chi connectivity index (χ4n) is 2.09. The lowest BCUT2D eigenvalue weighted by atomic mass is 10.1. The lowest BCUT2D eigenvalue weighted by molar-refractivity contribution is 0.0933. The van der Waals surface area contributed by atoms with E-state index in [1.807, 2.05) is 6.07 Å². The van der Waals surface area contributed by atoms with Crippen LogP contribution in [-0.2, 0) is 0 Å². The van der Waals surface area contributed by atoms with E-state index in [0.29, 0.717) is 10.6 Å². The SMILES string of the molecule is NC1CCCC1NC(=O)c1cc(Cl)ccc1I. The van der Waals surface area contributed by atoms with Crippen molar-refractivity contribution in [1.82, 2.24) is 5.32 Å². The maximum Gasteiger partial charge on any atom is 0.252 e. The Kier molecular flexibility index (Phi) is 4.27. The predicted molar refractivity (Wildman–Crippen MR) is 77.2 cm³/mol. The molecule has 0 aromatic heterocycles. The summed E-state index contributed by atoms with van der Waals surface area (Å²) >= 11 is 8.03. The van der Waals surface area contributed by atoms with Crippen LogP contribution in [-0.4, -0.2) is 18.0 Å². The van der Waals surface area contributed by atoms with Gasteiger partial charge in [-0.3, -0.25) is 4.79 Å². The summed E-state index contributed by atoms with van der Waals surface area (Å²) in [5.41, 5.74) is 6.55. The molecule has 0 bridgehead atoms. The first-order valence-electron chi connectivity index (χ1n) is 5.59. The minimum absolute atomic E-state index is 0.0794. The third kappa shape index (κ3) is 3.11. The Morgan fingerprint density at radius 1 is 1.47 bits per heavy atom. The highest BCUT2D eigenvalue weighted by Crippen LogP contribution is 2.20. The Labute approximate surface area is 119 Å². The summed E-state index contributed by atoms with van der Waals surface area (Å²) in [7, 11) is 0. The molecule has 92 valence electrons. The van der Waals surface area contributed by atoms with Crippen LogP contribution in [0.15, 0.2) is 18.2 Å². The largest absolute Gasteiger partial charge is 0.348 e. The van der Waals surface area contributed by atoms with Crippen molar-refractivity contribution in [2.24, 2.45) is 5.73 Å². The number of halogens is 2. The minimum Gasteiger partial charge on any atom is -0.348 e. The van der Waals surface area contributed by atoms with Crippen LogP contribution in [0.4, 0.5) is 0 Å². The molecule has 0 spiro atoms. The number of hydrogen-bond acceptors (Lipinski definition) is 2. The van der Waals surface area contributed by atoms with Gasteiger partial charge >= 0.3 is 0 Å². The summed E-state index contributed by atoms with van der Waals surface area (Å²) in [4.78, 5) is 12.1. The summed E-state index contributed by atoms with van der Waals surface area (Å²) in [6.07, 6.45) is 3.03.